The number of carbonyl (C=O) groups excluding carboxylic acids is 2. The molecule has 0 aliphatic heterocycles. The van der Waals surface area contributed by atoms with Gasteiger partial charge in [-0.25, -0.2) is 4.79 Å². The molecule has 0 bridgehead atoms. The van der Waals surface area contributed by atoms with Crippen molar-refractivity contribution in [2.75, 3.05) is 26.9 Å². The minimum absolute atomic E-state index is 0.0175. The van der Waals surface area contributed by atoms with Gasteiger partial charge in [-0.05, 0) is 6.07 Å². The molecule has 0 spiro atoms. The van der Waals surface area contributed by atoms with Gasteiger partial charge in [-0.15, -0.1) is 0 Å². The third kappa shape index (κ3) is 5.02. The highest BCUT2D eigenvalue weighted by atomic mass is 16.6. The fourth-order valence-corrected chi connectivity index (χ4v) is 1.30. The van der Waals surface area contributed by atoms with Crippen LogP contribution in [0.15, 0.2) is 24.3 Å². The summed E-state index contributed by atoms with van der Waals surface area (Å²) in [7, 11) is 1.49. The number of nitrogens with zero attached hydrogens (tertiary/aromatic N) is 1. The molecule has 20 heavy (non-hydrogen) atoms. The zero-order valence-corrected chi connectivity index (χ0v) is 10.8. The number of carbonyl (C=O) groups is 2. The van der Waals surface area contributed by atoms with Gasteiger partial charge in [0.15, 0.2) is 6.61 Å². The maximum Gasteiger partial charge on any atom is 0.338 e. The van der Waals surface area contributed by atoms with E-state index in [2.05, 4.69) is 5.32 Å². The van der Waals surface area contributed by atoms with Crippen molar-refractivity contribution in [1.82, 2.24) is 5.32 Å². The highest BCUT2D eigenvalue weighted by Crippen LogP contribution is 2.13. The number of nitro groups is 1. The fraction of sp³-hybridized carbons (Fsp3) is 0.333. The molecule has 0 heterocycles. The lowest BCUT2D eigenvalue weighted by Gasteiger charge is -2.06. The Hall–Kier alpha value is -2.48. The minimum Gasteiger partial charge on any atom is -0.452 e. The molecule has 0 saturated carbocycles. The van der Waals surface area contributed by atoms with Crippen LogP contribution in [0.2, 0.25) is 0 Å². The number of benzene rings is 1. The number of rotatable bonds is 7. The number of hydrogen-bond acceptors (Lipinski definition) is 6. The quantitative estimate of drug-likeness (QED) is 0.338. The van der Waals surface area contributed by atoms with Gasteiger partial charge in [-0.2, -0.15) is 0 Å². The summed E-state index contributed by atoms with van der Waals surface area (Å²) >= 11 is 0. The largest absolute Gasteiger partial charge is 0.452 e. The fourth-order valence-electron chi connectivity index (χ4n) is 1.30. The highest BCUT2D eigenvalue weighted by molar-refractivity contribution is 5.91. The number of nitro benzene ring substituents is 1. The summed E-state index contributed by atoms with van der Waals surface area (Å²) in [5.41, 5.74) is -0.201. The molecule has 108 valence electrons. The van der Waals surface area contributed by atoms with E-state index >= 15 is 0 Å². The van der Waals surface area contributed by atoms with E-state index in [1.165, 1.54) is 25.3 Å². The molecule has 1 aromatic rings. The van der Waals surface area contributed by atoms with Crippen molar-refractivity contribution in [2.45, 2.75) is 0 Å². The van der Waals surface area contributed by atoms with E-state index in [1.807, 2.05) is 0 Å². The molecule has 0 fully saturated rings. The van der Waals surface area contributed by atoms with Crippen molar-refractivity contribution < 1.29 is 24.0 Å². The average Bonchev–Trinajstić information content (AvgIpc) is 2.45. The smallest absolute Gasteiger partial charge is 0.338 e. The molecule has 1 N–H and O–H groups in total. The second-order valence-corrected chi connectivity index (χ2v) is 3.73. The molecule has 0 aliphatic rings. The predicted octanol–water partition coefficient (Wildman–Crippen LogP) is 0.514. The Labute approximate surface area is 114 Å². The van der Waals surface area contributed by atoms with Crippen LogP contribution in [0, 0.1) is 10.1 Å². The van der Waals surface area contributed by atoms with Crippen LogP contribution in [0.1, 0.15) is 10.4 Å². The number of hydrogen-bond donors (Lipinski definition) is 1. The number of ether oxygens (including phenoxy) is 2. The Kier molecular flexibility index (Phi) is 6.11. The van der Waals surface area contributed by atoms with Gasteiger partial charge in [0.2, 0.25) is 0 Å². The van der Waals surface area contributed by atoms with Crippen LogP contribution in [-0.4, -0.2) is 43.7 Å². The Balaban J connectivity index is 2.48. The molecule has 0 radical (unpaired) electrons. The lowest BCUT2D eigenvalue weighted by Crippen LogP contribution is -2.31. The first-order valence-corrected chi connectivity index (χ1v) is 5.72. The topological polar surface area (TPSA) is 108 Å². The Morgan fingerprint density at radius 3 is 2.80 bits per heavy atom. The van der Waals surface area contributed by atoms with Gasteiger partial charge in [0.05, 0.1) is 17.1 Å². The van der Waals surface area contributed by atoms with E-state index in [0.29, 0.717) is 13.2 Å². The molecular weight excluding hydrogens is 268 g/mol. The number of esters is 1. The van der Waals surface area contributed by atoms with Crippen molar-refractivity contribution >= 4 is 17.6 Å². The number of methoxy groups -OCH3 is 1. The molecule has 0 unspecified atom stereocenters. The first-order chi connectivity index (χ1) is 9.54. The van der Waals surface area contributed by atoms with Crippen LogP contribution in [-0.2, 0) is 14.3 Å². The molecule has 0 saturated heterocycles. The van der Waals surface area contributed by atoms with Crippen molar-refractivity contribution in [3.63, 3.8) is 0 Å². The van der Waals surface area contributed by atoms with E-state index in [-0.39, 0.29) is 11.3 Å². The molecule has 1 aromatic carbocycles. The summed E-state index contributed by atoms with van der Waals surface area (Å²) in [4.78, 5) is 32.8. The maximum absolute atomic E-state index is 11.6. The van der Waals surface area contributed by atoms with Crippen molar-refractivity contribution in [3.8, 4) is 0 Å². The summed E-state index contributed by atoms with van der Waals surface area (Å²) in [6, 6.07) is 5.09. The SMILES string of the molecule is COCCNC(=O)COC(=O)c1cccc([N+](=O)[O-])c1. The number of nitrogens with one attached hydrogen (secondary N) is 1. The maximum atomic E-state index is 11.6. The highest BCUT2D eigenvalue weighted by Gasteiger charge is 2.13. The van der Waals surface area contributed by atoms with E-state index in [9.17, 15) is 19.7 Å². The van der Waals surface area contributed by atoms with Crippen LogP contribution >= 0.6 is 0 Å². The predicted molar refractivity (Wildman–Crippen MR) is 68.3 cm³/mol. The molecule has 0 aromatic heterocycles. The molecule has 1 amide bonds. The Morgan fingerprint density at radius 1 is 1.40 bits per heavy atom. The van der Waals surface area contributed by atoms with Gasteiger partial charge in [0.1, 0.15) is 0 Å². The third-order valence-electron chi connectivity index (χ3n) is 2.26. The van der Waals surface area contributed by atoms with Gasteiger partial charge < -0.3 is 14.8 Å². The van der Waals surface area contributed by atoms with Crippen LogP contribution in [0.5, 0.6) is 0 Å². The van der Waals surface area contributed by atoms with E-state index in [4.69, 9.17) is 9.47 Å². The van der Waals surface area contributed by atoms with Crippen LogP contribution in [0.3, 0.4) is 0 Å². The van der Waals surface area contributed by atoms with Crippen LogP contribution in [0.4, 0.5) is 5.69 Å². The van der Waals surface area contributed by atoms with Gasteiger partial charge in [0.25, 0.3) is 11.6 Å². The first-order valence-electron chi connectivity index (χ1n) is 5.72. The van der Waals surface area contributed by atoms with Gasteiger partial charge in [0, 0.05) is 25.8 Å². The monoisotopic (exact) mass is 282 g/mol. The minimum atomic E-state index is -0.796. The van der Waals surface area contributed by atoms with E-state index in [0.717, 1.165) is 6.07 Å². The van der Waals surface area contributed by atoms with Gasteiger partial charge in [-0.1, -0.05) is 6.07 Å². The molecule has 8 heteroatoms. The van der Waals surface area contributed by atoms with Crippen molar-refractivity contribution in [3.05, 3.63) is 39.9 Å². The van der Waals surface area contributed by atoms with Gasteiger partial charge in [-0.3, -0.25) is 14.9 Å². The zero-order chi connectivity index (χ0) is 15.0. The third-order valence-corrected chi connectivity index (χ3v) is 2.26. The molecule has 0 atom stereocenters. The summed E-state index contributed by atoms with van der Waals surface area (Å²) in [5.74, 6) is -1.27. The Morgan fingerprint density at radius 2 is 2.15 bits per heavy atom. The summed E-state index contributed by atoms with van der Waals surface area (Å²) < 4.78 is 9.48. The summed E-state index contributed by atoms with van der Waals surface area (Å²) in [5, 5.41) is 13.0. The molecule has 0 aliphatic carbocycles. The lowest BCUT2D eigenvalue weighted by molar-refractivity contribution is -0.384. The standard InChI is InChI=1S/C12H14N2O6/c1-19-6-5-13-11(15)8-20-12(16)9-3-2-4-10(7-9)14(17)18/h2-4,7H,5-6,8H2,1H3,(H,13,15). The Bertz CT molecular complexity index is 502. The number of amides is 1. The number of non-ortho nitro benzene ring substituents is 1. The van der Waals surface area contributed by atoms with Gasteiger partial charge >= 0.3 is 5.97 Å². The van der Waals surface area contributed by atoms with Crippen molar-refractivity contribution in [1.29, 1.82) is 0 Å². The van der Waals surface area contributed by atoms with Crippen LogP contribution < -0.4 is 5.32 Å². The second-order valence-electron chi connectivity index (χ2n) is 3.73. The van der Waals surface area contributed by atoms with E-state index < -0.39 is 23.4 Å². The van der Waals surface area contributed by atoms with E-state index in [1.54, 1.807) is 0 Å². The molecule has 1 rings (SSSR count). The van der Waals surface area contributed by atoms with Crippen molar-refractivity contribution in [2.24, 2.45) is 0 Å². The normalized spacial score (nSPS) is 9.85. The second kappa shape index (κ2) is 7.85. The molecule has 8 nitrogen and oxygen atoms in total. The first kappa shape index (κ1) is 15.6. The summed E-state index contributed by atoms with van der Waals surface area (Å²) in [6.07, 6.45) is 0. The average molecular weight is 282 g/mol. The summed E-state index contributed by atoms with van der Waals surface area (Å²) in [6.45, 7) is 0.208. The molecular formula is C12H14N2O6. The zero-order valence-electron chi connectivity index (χ0n) is 10.8. The lowest BCUT2D eigenvalue weighted by atomic mass is 10.2. The van der Waals surface area contributed by atoms with Crippen LogP contribution in [0.25, 0.3) is 0 Å².